The minimum absolute atomic E-state index is 0.309. The van der Waals surface area contributed by atoms with Gasteiger partial charge in [-0.05, 0) is 77.3 Å². The van der Waals surface area contributed by atoms with Crippen molar-refractivity contribution in [3.63, 3.8) is 0 Å². The third kappa shape index (κ3) is 7.36. The van der Waals surface area contributed by atoms with Crippen molar-refractivity contribution in [2.45, 2.75) is 77.4 Å². The smallest absolute Gasteiger partial charge is 0.309 e. The van der Waals surface area contributed by atoms with E-state index in [0.29, 0.717) is 31.3 Å². The van der Waals surface area contributed by atoms with Crippen LogP contribution in [0, 0.1) is 5.92 Å². The highest BCUT2D eigenvalue weighted by Crippen LogP contribution is 2.36. The van der Waals surface area contributed by atoms with Crippen molar-refractivity contribution in [3.05, 3.63) is 118 Å². The molecule has 0 fully saturated rings. The number of carbonyl (C=O) groups is 1. The van der Waals surface area contributed by atoms with Crippen LogP contribution in [-0.2, 0) is 24.2 Å². The Morgan fingerprint density at radius 1 is 0.909 bits per heavy atom. The molecule has 228 valence electrons. The van der Waals surface area contributed by atoms with Crippen LogP contribution in [0.2, 0.25) is 0 Å². The van der Waals surface area contributed by atoms with E-state index >= 15 is 0 Å². The lowest BCUT2D eigenvalue weighted by Gasteiger charge is -2.31. The van der Waals surface area contributed by atoms with E-state index in [4.69, 9.17) is 14.7 Å². The molecule has 0 amide bonds. The van der Waals surface area contributed by atoms with E-state index in [1.54, 1.807) is 6.21 Å². The zero-order valence-corrected chi connectivity index (χ0v) is 26.9. The number of allylic oxidation sites excluding steroid dienone is 1. The first kappa shape index (κ1) is 31.4. The van der Waals surface area contributed by atoms with E-state index in [1.807, 2.05) is 41.8 Å². The maximum Gasteiger partial charge on any atom is 0.309 e. The summed E-state index contributed by atoms with van der Waals surface area (Å²) in [7, 11) is 0. The monoisotopic (exact) mass is 606 g/mol. The molecule has 0 radical (unpaired) electrons. The molecule has 0 saturated carbocycles. The zero-order chi connectivity index (χ0) is 31.1. The summed E-state index contributed by atoms with van der Waals surface area (Å²) in [4.78, 5) is 22.2. The molecule has 0 saturated heterocycles. The third-order valence-corrected chi connectivity index (χ3v) is 9.61. The number of hydrogen-bond donors (Lipinski definition) is 1. The molecule has 6 heteroatoms. The fourth-order valence-corrected chi connectivity index (χ4v) is 6.79. The summed E-state index contributed by atoms with van der Waals surface area (Å²) < 4.78 is 6.05. The summed E-state index contributed by atoms with van der Waals surface area (Å²) in [5, 5.41) is 13.1. The molecule has 44 heavy (non-hydrogen) atoms. The van der Waals surface area contributed by atoms with E-state index in [2.05, 4.69) is 76.2 Å². The topological polar surface area (TPSA) is 71.8 Å². The van der Waals surface area contributed by atoms with Gasteiger partial charge in [0.05, 0.1) is 22.2 Å². The molecule has 1 aliphatic heterocycles. The second-order valence-electron chi connectivity index (χ2n) is 12.0. The Morgan fingerprint density at radius 2 is 1.57 bits per heavy atom. The minimum Gasteiger partial charge on any atom is -0.489 e. The van der Waals surface area contributed by atoms with Crippen LogP contribution in [0.25, 0.3) is 11.3 Å². The van der Waals surface area contributed by atoms with Crippen LogP contribution in [0.5, 0.6) is 5.75 Å². The average molecular weight is 607 g/mol. The molecule has 1 aliphatic rings. The Balaban J connectivity index is 1.24. The quantitative estimate of drug-likeness (QED) is 0.155. The number of carboxylic acids is 1. The van der Waals surface area contributed by atoms with Crippen molar-refractivity contribution in [3.8, 4) is 17.0 Å². The van der Waals surface area contributed by atoms with Crippen LogP contribution in [0.4, 0.5) is 0 Å². The first-order valence-electron chi connectivity index (χ1n) is 15.6. The number of thiazole rings is 1. The van der Waals surface area contributed by atoms with Crippen LogP contribution in [0.15, 0.2) is 95.3 Å². The van der Waals surface area contributed by atoms with E-state index in [-0.39, 0.29) is 0 Å². The number of hydrogen-bond acceptors (Lipinski definition) is 5. The predicted octanol–water partition coefficient (Wildman–Crippen LogP) is 9.28. The molecule has 4 aromatic rings. The van der Waals surface area contributed by atoms with Gasteiger partial charge in [0.15, 0.2) is 0 Å². The highest BCUT2D eigenvalue weighted by atomic mass is 32.1. The number of nitrogens with zero attached hydrogens (tertiary/aromatic N) is 2. The van der Waals surface area contributed by atoms with Gasteiger partial charge in [0.1, 0.15) is 12.4 Å². The van der Waals surface area contributed by atoms with E-state index < -0.39 is 17.4 Å². The zero-order valence-electron chi connectivity index (χ0n) is 26.1. The molecule has 3 aromatic carbocycles. The van der Waals surface area contributed by atoms with Gasteiger partial charge in [-0.25, -0.2) is 4.98 Å². The number of ether oxygens (including phenoxy) is 1. The van der Waals surface area contributed by atoms with Crippen molar-refractivity contribution in [1.82, 2.24) is 4.98 Å². The first-order valence-corrected chi connectivity index (χ1v) is 16.5. The molecule has 2 atom stereocenters. The van der Waals surface area contributed by atoms with Gasteiger partial charge in [-0.1, -0.05) is 82.3 Å². The van der Waals surface area contributed by atoms with Gasteiger partial charge in [0.2, 0.25) is 0 Å². The molecule has 1 N–H and O–H groups in total. The van der Waals surface area contributed by atoms with Gasteiger partial charge < -0.3 is 9.84 Å². The molecule has 2 unspecified atom stereocenters. The lowest BCUT2D eigenvalue weighted by Crippen LogP contribution is -2.41. The molecule has 0 spiro atoms. The highest BCUT2D eigenvalue weighted by Gasteiger charge is 2.43. The second kappa shape index (κ2) is 14.2. The largest absolute Gasteiger partial charge is 0.489 e. The molecule has 2 heterocycles. The maximum absolute atomic E-state index is 12.6. The summed E-state index contributed by atoms with van der Waals surface area (Å²) in [5.74, 6) is 0.255. The lowest BCUT2D eigenvalue weighted by atomic mass is 9.78. The Bertz CT molecular complexity index is 1570. The summed E-state index contributed by atoms with van der Waals surface area (Å²) >= 11 is 1.50. The van der Waals surface area contributed by atoms with Crippen LogP contribution < -0.4 is 4.74 Å². The van der Waals surface area contributed by atoms with Crippen LogP contribution >= 0.6 is 11.3 Å². The molecular weight excluding hydrogens is 564 g/mol. The fraction of sp³-hybridized carbons (Fsp3) is 0.342. The molecule has 5 nitrogen and oxygen atoms in total. The highest BCUT2D eigenvalue weighted by molar-refractivity contribution is 7.10. The van der Waals surface area contributed by atoms with Crippen molar-refractivity contribution < 1.29 is 14.6 Å². The number of benzene rings is 3. The van der Waals surface area contributed by atoms with Crippen LogP contribution in [0.3, 0.4) is 0 Å². The Morgan fingerprint density at radius 3 is 2.16 bits per heavy atom. The standard InChI is InChI=1S/C38H42N2O3S/c1-5-29(6-2)31-14-10-28(11-15-31)24-43-33-18-16-32(17-19-33)35-25-44-36(40-35)22-34(37(41)42)38(20-7-21-39-38)23-27-8-12-30(13-9-27)26(3)4/h7-21,25-26,29,34H,5-6,22-24H2,1-4H3,(H,41,42). The van der Waals surface area contributed by atoms with E-state index in [9.17, 15) is 9.90 Å². The number of aromatic nitrogens is 1. The maximum atomic E-state index is 12.6. The number of aliphatic carboxylic acids is 1. The molecule has 1 aromatic heterocycles. The molecule has 0 bridgehead atoms. The van der Waals surface area contributed by atoms with Crippen molar-refractivity contribution in [2.24, 2.45) is 10.9 Å². The number of rotatable bonds is 14. The first-order chi connectivity index (χ1) is 21.3. The Hall–Kier alpha value is -4.03. The fourth-order valence-electron chi connectivity index (χ4n) is 5.94. The Kier molecular flexibility index (Phi) is 10.1. The number of carboxylic acid groups (broad SMARTS) is 1. The van der Waals surface area contributed by atoms with Crippen LogP contribution in [-0.4, -0.2) is 27.8 Å². The lowest BCUT2D eigenvalue weighted by molar-refractivity contribution is -0.143. The van der Waals surface area contributed by atoms with E-state index in [1.165, 1.54) is 22.5 Å². The van der Waals surface area contributed by atoms with Gasteiger partial charge in [-0.3, -0.25) is 9.79 Å². The van der Waals surface area contributed by atoms with Gasteiger partial charge in [0, 0.05) is 30.0 Å². The molecular formula is C38H42N2O3S. The predicted molar refractivity (Wildman–Crippen MR) is 181 cm³/mol. The number of aliphatic imine (C=N–C) groups is 1. The average Bonchev–Trinajstić information content (AvgIpc) is 3.71. The van der Waals surface area contributed by atoms with Crippen molar-refractivity contribution in [2.75, 3.05) is 0 Å². The summed E-state index contributed by atoms with van der Waals surface area (Å²) in [6, 6.07) is 25.1. The second-order valence-corrected chi connectivity index (χ2v) is 12.9. The van der Waals surface area contributed by atoms with Gasteiger partial charge in [-0.15, -0.1) is 11.3 Å². The SMILES string of the molecule is CCC(CC)c1ccc(COc2ccc(-c3csc(CC(C(=O)O)C4(Cc5ccc(C(C)C)cc5)C=CC=N4)n3)cc2)cc1. The minimum atomic E-state index is -0.865. The van der Waals surface area contributed by atoms with Gasteiger partial charge in [-0.2, -0.15) is 0 Å². The van der Waals surface area contributed by atoms with Crippen LogP contribution in [0.1, 0.15) is 79.6 Å². The van der Waals surface area contributed by atoms with Crippen molar-refractivity contribution >= 4 is 23.5 Å². The summed E-state index contributed by atoms with van der Waals surface area (Å²) in [6.07, 6.45) is 8.66. The van der Waals surface area contributed by atoms with Gasteiger partial charge >= 0.3 is 5.97 Å². The molecule has 5 rings (SSSR count). The summed E-state index contributed by atoms with van der Waals surface area (Å²) in [6.45, 7) is 9.32. The molecule has 0 aliphatic carbocycles. The third-order valence-electron chi connectivity index (χ3n) is 8.74. The Labute approximate surface area is 265 Å². The van der Waals surface area contributed by atoms with E-state index in [0.717, 1.165) is 46.0 Å². The van der Waals surface area contributed by atoms with Crippen molar-refractivity contribution in [1.29, 1.82) is 0 Å². The summed E-state index contributed by atoms with van der Waals surface area (Å²) in [5.41, 5.74) is 5.84. The van der Waals surface area contributed by atoms with Gasteiger partial charge in [0.25, 0.3) is 0 Å². The normalized spacial score (nSPS) is 16.6.